The zero-order valence-electron chi connectivity index (χ0n) is 12.3. The Kier molecular flexibility index (Phi) is 5.73. The Morgan fingerprint density at radius 1 is 1.05 bits per heavy atom. The van der Waals surface area contributed by atoms with E-state index in [2.05, 4.69) is 0 Å². The van der Waals surface area contributed by atoms with Gasteiger partial charge in [0, 0.05) is 7.11 Å². The molecule has 0 atom stereocenters. The van der Waals surface area contributed by atoms with Crippen LogP contribution < -0.4 is 4.74 Å². The van der Waals surface area contributed by atoms with Crippen molar-refractivity contribution < 1.29 is 14.5 Å². The van der Waals surface area contributed by atoms with E-state index in [0.717, 1.165) is 16.3 Å². The molecule has 0 aliphatic rings. The summed E-state index contributed by atoms with van der Waals surface area (Å²) in [6, 6.07) is 16.7. The Labute approximate surface area is 129 Å². The molecule has 0 fully saturated rings. The molecule has 0 amide bonds. The van der Waals surface area contributed by atoms with Crippen LogP contribution >= 0.6 is 0 Å². The summed E-state index contributed by atoms with van der Waals surface area (Å²) >= 11 is 0. The zero-order valence-corrected chi connectivity index (χ0v) is 12.3. The topological polar surface area (TPSA) is 64.8 Å². The smallest absolute Gasteiger partial charge is 0.160 e. The number of nitrogens with zero attached hydrogens (tertiary/aromatic N) is 2. The monoisotopic (exact) mass is 302 g/mol. The van der Waals surface area contributed by atoms with Gasteiger partial charge in [-0.15, -0.1) is 5.01 Å². The Bertz CT molecular complexity index is 587. The maximum Gasteiger partial charge on any atom is 0.160 e. The first-order valence-electron chi connectivity index (χ1n) is 6.89. The summed E-state index contributed by atoms with van der Waals surface area (Å²) in [5.41, 5.74) is 0.841. The van der Waals surface area contributed by atoms with E-state index in [1.54, 1.807) is 12.1 Å². The van der Waals surface area contributed by atoms with Gasteiger partial charge >= 0.3 is 0 Å². The van der Waals surface area contributed by atoms with Crippen molar-refractivity contribution in [3.63, 3.8) is 0 Å². The second-order valence-corrected chi connectivity index (χ2v) is 4.68. The molecular formula is C16H18N2O4. The van der Waals surface area contributed by atoms with E-state index < -0.39 is 5.03 Å². The Balaban J connectivity index is 1.97. The van der Waals surface area contributed by atoms with E-state index in [1.165, 1.54) is 7.11 Å². The molecule has 2 rings (SSSR count). The molecule has 0 N–H and O–H groups in total. The number of nitro groups is 1. The molecule has 2 aromatic carbocycles. The van der Waals surface area contributed by atoms with Crippen LogP contribution in [-0.2, 0) is 11.3 Å². The van der Waals surface area contributed by atoms with Crippen molar-refractivity contribution in [2.24, 2.45) is 0 Å². The summed E-state index contributed by atoms with van der Waals surface area (Å²) in [5, 5.41) is 11.7. The van der Waals surface area contributed by atoms with E-state index in [1.807, 2.05) is 42.5 Å². The highest BCUT2D eigenvalue weighted by Gasteiger charge is 2.14. The first-order chi connectivity index (χ1) is 10.7. The highest BCUT2D eigenvalue weighted by Crippen LogP contribution is 2.21. The van der Waals surface area contributed by atoms with Crippen molar-refractivity contribution in [3.8, 4) is 11.5 Å². The van der Waals surface area contributed by atoms with Crippen LogP contribution in [0.4, 0.5) is 0 Å². The van der Waals surface area contributed by atoms with Gasteiger partial charge in [0.05, 0.1) is 6.61 Å². The van der Waals surface area contributed by atoms with E-state index in [9.17, 15) is 10.1 Å². The molecular weight excluding hydrogens is 284 g/mol. The van der Waals surface area contributed by atoms with Crippen LogP contribution in [0.25, 0.3) is 0 Å². The van der Waals surface area contributed by atoms with Crippen LogP contribution in [0, 0.1) is 10.1 Å². The van der Waals surface area contributed by atoms with Crippen LogP contribution in [0.3, 0.4) is 0 Å². The number of rotatable bonds is 8. The summed E-state index contributed by atoms with van der Waals surface area (Å²) in [6.07, 6.45) is 0. The zero-order chi connectivity index (χ0) is 15.8. The average molecular weight is 302 g/mol. The van der Waals surface area contributed by atoms with Gasteiger partial charge in [-0.2, -0.15) is 0 Å². The molecule has 116 valence electrons. The van der Waals surface area contributed by atoms with Crippen molar-refractivity contribution in [2.45, 2.75) is 6.54 Å². The molecule has 0 spiro atoms. The maximum absolute atomic E-state index is 11.0. The average Bonchev–Trinajstić information content (AvgIpc) is 2.54. The summed E-state index contributed by atoms with van der Waals surface area (Å²) in [4.78, 5) is 11.0. The number of para-hydroxylation sites is 1. The van der Waals surface area contributed by atoms with Crippen LogP contribution in [0.5, 0.6) is 11.5 Å². The van der Waals surface area contributed by atoms with E-state index >= 15 is 0 Å². The molecule has 0 saturated heterocycles. The highest BCUT2D eigenvalue weighted by molar-refractivity contribution is 5.32. The van der Waals surface area contributed by atoms with Gasteiger partial charge in [-0.05, 0) is 29.8 Å². The summed E-state index contributed by atoms with van der Waals surface area (Å²) < 4.78 is 10.6. The standard InChI is InChI=1S/C16H18N2O4/c1-21-12-11-17(18(19)20)13-14-7-9-16(10-8-14)22-15-5-3-2-4-6-15/h2-10H,11-13H2,1H3. The second kappa shape index (κ2) is 7.99. The third-order valence-electron chi connectivity index (χ3n) is 3.05. The molecule has 0 aliphatic heterocycles. The van der Waals surface area contributed by atoms with Crippen molar-refractivity contribution in [2.75, 3.05) is 20.3 Å². The van der Waals surface area contributed by atoms with E-state index in [4.69, 9.17) is 9.47 Å². The molecule has 0 heterocycles. The van der Waals surface area contributed by atoms with Gasteiger partial charge in [0.15, 0.2) is 5.03 Å². The van der Waals surface area contributed by atoms with Gasteiger partial charge in [-0.3, -0.25) is 0 Å². The maximum atomic E-state index is 11.0. The lowest BCUT2D eigenvalue weighted by Crippen LogP contribution is -2.32. The fraction of sp³-hybridized carbons (Fsp3) is 0.250. The van der Waals surface area contributed by atoms with Crippen molar-refractivity contribution in [1.29, 1.82) is 0 Å². The molecule has 0 aliphatic carbocycles. The minimum absolute atomic E-state index is 0.224. The minimum atomic E-state index is -0.409. The third-order valence-corrected chi connectivity index (χ3v) is 3.05. The van der Waals surface area contributed by atoms with E-state index in [-0.39, 0.29) is 13.1 Å². The fourth-order valence-corrected chi connectivity index (χ4v) is 1.91. The Morgan fingerprint density at radius 3 is 2.27 bits per heavy atom. The molecule has 6 heteroatoms. The molecule has 0 unspecified atom stereocenters. The lowest BCUT2D eigenvalue weighted by Gasteiger charge is -2.14. The predicted octanol–water partition coefficient (Wildman–Crippen LogP) is 3.12. The van der Waals surface area contributed by atoms with Crippen LogP contribution in [0.15, 0.2) is 54.6 Å². The lowest BCUT2D eigenvalue weighted by atomic mass is 10.2. The molecule has 6 nitrogen and oxygen atoms in total. The highest BCUT2D eigenvalue weighted by atomic mass is 16.7. The third kappa shape index (κ3) is 4.75. The Hall–Kier alpha value is -2.60. The van der Waals surface area contributed by atoms with Gasteiger partial charge in [-0.25, -0.2) is 10.1 Å². The number of benzene rings is 2. The molecule has 0 saturated carbocycles. The minimum Gasteiger partial charge on any atom is -0.457 e. The fourth-order valence-electron chi connectivity index (χ4n) is 1.91. The van der Waals surface area contributed by atoms with Crippen LogP contribution in [-0.4, -0.2) is 30.3 Å². The summed E-state index contributed by atoms with van der Waals surface area (Å²) in [7, 11) is 1.52. The second-order valence-electron chi connectivity index (χ2n) is 4.68. The normalized spacial score (nSPS) is 10.2. The van der Waals surface area contributed by atoms with Crippen molar-refractivity contribution in [3.05, 3.63) is 70.3 Å². The summed E-state index contributed by atoms with van der Waals surface area (Å²) in [5.74, 6) is 1.45. The van der Waals surface area contributed by atoms with Crippen molar-refractivity contribution in [1.82, 2.24) is 5.01 Å². The molecule has 0 aromatic heterocycles. The Morgan fingerprint density at radius 2 is 1.68 bits per heavy atom. The first kappa shape index (κ1) is 15.8. The number of hydrogen-bond acceptors (Lipinski definition) is 4. The van der Waals surface area contributed by atoms with Crippen molar-refractivity contribution >= 4 is 0 Å². The molecule has 2 aromatic rings. The first-order valence-corrected chi connectivity index (χ1v) is 6.89. The van der Waals surface area contributed by atoms with Gasteiger partial charge in [0.1, 0.15) is 24.6 Å². The van der Waals surface area contributed by atoms with Gasteiger partial charge in [-0.1, -0.05) is 30.3 Å². The van der Waals surface area contributed by atoms with Gasteiger partial charge < -0.3 is 9.47 Å². The number of ether oxygens (including phenoxy) is 2. The quantitative estimate of drug-likeness (QED) is 0.553. The molecule has 0 radical (unpaired) electrons. The van der Waals surface area contributed by atoms with Gasteiger partial charge in [0.25, 0.3) is 0 Å². The largest absolute Gasteiger partial charge is 0.457 e. The lowest BCUT2D eigenvalue weighted by molar-refractivity contribution is -0.659. The molecule has 22 heavy (non-hydrogen) atoms. The SMILES string of the molecule is COCCN(Cc1ccc(Oc2ccccc2)cc1)[N+](=O)[O-]. The van der Waals surface area contributed by atoms with Crippen LogP contribution in [0.2, 0.25) is 0 Å². The number of methoxy groups -OCH3 is 1. The van der Waals surface area contributed by atoms with Gasteiger partial charge in [0.2, 0.25) is 0 Å². The van der Waals surface area contributed by atoms with E-state index in [0.29, 0.717) is 12.4 Å². The molecule has 0 bridgehead atoms. The van der Waals surface area contributed by atoms with Crippen LogP contribution in [0.1, 0.15) is 5.56 Å². The predicted molar refractivity (Wildman–Crippen MR) is 82.2 cm³/mol. The number of hydrazine groups is 1. The number of hydrogen-bond donors (Lipinski definition) is 0. The summed E-state index contributed by atoms with van der Waals surface area (Å²) in [6.45, 7) is 0.782.